The van der Waals surface area contributed by atoms with Gasteiger partial charge in [-0.15, -0.1) is 0 Å². The molecule has 8 heteroatoms. The van der Waals surface area contributed by atoms with Crippen LogP contribution in [0.5, 0.6) is 11.5 Å². The molecule has 1 aliphatic heterocycles. The monoisotopic (exact) mass is 521 g/mol. The lowest BCUT2D eigenvalue weighted by atomic mass is 10.1. The van der Waals surface area contributed by atoms with E-state index >= 15 is 0 Å². The van der Waals surface area contributed by atoms with E-state index in [9.17, 15) is 9.18 Å². The molecular formula is C29H32FN3O3S. The SMILES string of the molecule is CCOc1cc(C(=S)N2CCN(c3ccccc3F)CC2)ccc1OCC(=O)Nc1ccc(CC)cc1. The number of nitrogens with one attached hydrogen (secondary N) is 1. The fourth-order valence-corrected chi connectivity index (χ4v) is 4.54. The van der Waals surface area contributed by atoms with Gasteiger partial charge in [-0.3, -0.25) is 4.79 Å². The van der Waals surface area contributed by atoms with Gasteiger partial charge in [-0.1, -0.05) is 43.4 Å². The van der Waals surface area contributed by atoms with E-state index in [4.69, 9.17) is 21.7 Å². The van der Waals surface area contributed by atoms with Gasteiger partial charge in [0.2, 0.25) is 0 Å². The molecular weight excluding hydrogens is 489 g/mol. The van der Waals surface area contributed by atoms with E-state index in [1.165, 1.54) is 11.6 Å². The molecule has 0 aromatic heterocycles. The first-order chi connectivity index (χ1) is 18.0. The summed E-state index contributed by atoms with van der Waals surface area (Å²) in [6, 6.07) is 20.1. The summed E-state index contributed by atoms with van der Waals surface area (Å²) in [4.78, 5) is 17.3. The van der Waals surface area contributed by atoms with Crippen LogP contribution in [-0.2, 0) is 11.2 Å². The van der Waals surface area contributed by atoms with Crippen molar-refractivity contribution in [1.82, 2.24) is 4.90 Å². The summed E-state index contributed by atoms with van der Waals surface area (Å²) in [5.74, 6) is 0.555. The minimum atomic E-state index is -0.251. The van der Waals surface area contributed by atoms with Crippen LogP contribution in [-0.4, -0.2) is 55.2 Å². The second kappa shape index (κ2) is 12.5. The molecule has 0 aliphatic carbocycles. The maximum Gasteiger partial charge on any atom is 0.262 e. The summed E-state index contributed by atoms with van der Waals surface area (Å²) in [5.41, 5.74) is 3.40. The number of benzene rings is 3. The van der Waals surface area contributed by atoms with Crippen molar-refractivity contribution in [3.63, 3.8) is 0 Å². The Hall–Kier alpha value is -3.65. The number of aryl methyl sites for hydroxylation is 1. The van der Waals surface area contributed by atoms with Gasteiger partial charge in [-0.05, 0) is 61.4 Å². The number of rotatable bonds is 9. The molecule has 1 fully saturated rings. The minimum absolute atomic E-state index is 0.141. The van der Waals surface area contributed by atoms with E-state index in [1.807, 2.05) is 54.3 Å². The molecule has 37 heavy (non-hydrogen) atoms. The number of amides is 1. The molecule has 194 valence electrons. The summed E-state index contributed by atoms with van der Waals surface area (Å²) >= 11 is 5.78. The van der Waals surface area contributed by atoms with Crippen molar-refractivity contribution in [3.8, 4) is 11.5 Å². The Labute approximate surface area is 223 Å². The van der Waals surface area contributed by atoms with Crippen molar-refractivity contribution in [1.29, 1.82) is 0 Å². The maximum atomic E-state index is 14.2. The van der Waals surface area contributed by atoms with Gasteiger partial charge in [0, 0.05) is 37.4 Å². The van der Waals surface area contributed by atoms with Crippen molar-refractivity contribution < 1.29 is 18.7 Å². The number of piperazine rings is 1. The van der Waals surface area contributed by atoms with E-state index < -0.39 is 0 Å². The Kier molecular flexibility index (Phi) is 8.95. The van der Waals surface area contributed by atoms with Crippen LogP contribution < -0.4 is 19.7 Å². The minimum Gasteiger partial charge on any atom is -0.490 e. The van der Waals surface area contributed by atoms with Crippen molar-refractivity contribution in [2.75, 3.05) is 49.6 Å². The summed E-state index contributed by atoms with van der Waals surface area (Å²) in [5, 5.41) is 2.85. The predicted octanol–water partition coefficient (Wildman–Crippen LogP) is 5.30. The Morgan fingerprint density at radius 2 is 1.68 bits per heavy atom. The van der Waals surface area contributed by atoms with Gasteiger partial charge in [-0.2, -0.15) is 0 Å². The summed E-state index contributed by atoms with van der Waals surface area (Å²) in [6.07, 6.45) is 0.945. The van der Waals surface area contributed by atoms with Crippen molar-refractivity contribution in [3.05, 3.63) is 83.7 Å². The number of carbonyl (C=O) groups excluding carboxylic acids is 1. The molecule has 0 atom stereocenters. The van der Waals surface area contributed by atoms with E-state index in [1.54, 1.807) is 18.2 Å². The molecule has 0 radical (unpaired) electrons. The van der Waals surface area contributed by atoms with E-state index in [2.05, 4.69) is 17.1 Å². The van der Waals surface area contributed by atoms with E-state index in [0.29, 0.717) is 55.0 Å². The molecule has 1 saturated heterocycles. The largest absolute Gasteiger partial charge is 0.490 e. The predicted molar refractivity (Wildman–Crippen MR) is 149 cm³/mol. The van der Waals surface area contributed by atoms with Crippen LogP contribution in [0, 0.1) is 5.82 Å². The van der Waals surface area contributed by atoms with Gasteiger partial charge < -0.3 is 24.6 Å². The fourth-order valence-electron chi connectivity index (χ4n) is 4.23. The number of ether oxygens (including phenoxy) is 2. The molecule has 6 nitrogen and oxygen atoms in total. The number of hydrogen-bond acceptors (Lipinski definition) is 5. The second-order valence-electron chi connectivity index (χ2n) is 8.71. The van der Waals surface area contributed by atoms with Crippen LogP contribution in [0.1, 0.15) is 25.0 Å². The van der Waals surface area contributed by atoms with Gasteiger partial charge in [0.15, 0.2) is 18.1 Å². The molecule has 0 spiro atoms. The van der Waals surface area contributed by atoms with Crippen LogP contribution in [0.2, 0.25) is 0 Å². The molecule has 0 unspecified atom stereocenters. The van der Waals surface area contributed by atoms with Gasteiger partial charge in [-0.25, -0.2) is 4.39 Å². The van der Waals surface area contributed by atoms with E-state index in [-0.39, 0.29) is 18.3 Å². The molecule has 0 bridgehead atoms. The highest BCUT2D eigenvalue weighted by molar-refractivity contribution is 7.80. The van der Waals surface area contributed by atoms with Gasteiger partial charge >= 0.3 is 0 Å². The van der Waals surface area contributed by atoms with Crippen LogP contribution in [0.4, 0.5) is 15.8 Å². The van der Waals surface area contributed by atoms with Crippen molar-refractivity contribution in [2.45, 2.75) is 20.3 Å². The number of anilines is 2. The number of para-hydroxylation sites is 1. The Morgan fingerprint density at radius 3 is 2.35 bits per heavy atom. The number of halogens is 1. The first kappa shape index (κ1) is 26.4. The Bertz CT molecular complexity index is 1230. The fraction of sp³-hybridized carbons (Fsp3) is 0.310. The smallest absolute Gasteiger partial charge is 0.262 e. The first-order valence-corrected chi connectivity index (χ1v) is 13.0. The lowest BCUT2D eigenvalue weighted by molar-refractivity contribution is -0.118. The van der Waals surface area contributed by atoms with Crippen LogP contribution in [0.15, 0.2) is 66.7 Å². The lowest BCUT2D eigenvalue weighted by Crippen LogP contribution is -2.48. The molecule has 1 heterocycles. The average molecular weight is 522 g/mol. The zero-order valence-corrected chi connectivity index (χ0v) is 22.0. The molecule has 4 rings (SSSR count). The standard InChI is InChI=1S/C29H32FN3O3S/c1-3-21-9-12-23(13-10-21)31-28(34)20-36-26-14-11-22(19-27(26)35-4-2)29(37)33-17-15-32(16-18-33)25-8-6-5-7-24(25)30/h5-14,19H,3-4,15-18,20H2,1-2H3,(H,31,34). The molecule has 1 amide bonds. The molecule has 3 aromatic rings. The van der Waals surface area contributed by atoms with Crippen molar-refractivity contribution >= 4 is 34.5 Å². The summed E-state index contributed by atoms with van der Waals surface area (Å²) in [6.45, 7) is 7.02. The Morgan fingerprint density at radius 1 is 0.946 bits per heavy atom. The third-order valence-electron chi connectivity index (χ3n) is 6.26. The highest BCUT2D eigenvalue weighted by atomic mass is 32.1. The second-order valence-corrected chi connectivity index (χ2v) is 9.10. The maximum absolute atomic E-state index is 14.2. The van der Waals surface area contributed by atoms with Crippen LogP contribution >= 0.6 is 12.2 Å². The van der Waals surface area contributed by atoms with Crippen LogP contribution in [0.3, 0.4) is 0 Å². The topological polar surface area (TPSA) is 54.0 Å². The van der Waals surface area contributed by atoms with Crippen molar-refractivity contribution in [2.24, 2.45) is 0 Å². The normalized spacial score (nSPS) is 13.3. The zero-order valence-electron chi connectivity index (χ0n) is 21.2. The number of nitrogens with zero attached hydrogens (tertiary/aromatic N) is 2. The van der Waals surface area contributed by atoms with Crippen LogP contribution in [0.25, 0.3) is 0 Å². The van der Waals surface area contributed by atoms with Gasteiger partial charge in [0.1, 0.15) is 10.8 Å². The number of carbonyl (C=O) groups is 1. The third kappa shape index (κ3) is 6.77. The van der Waals surface area contributed by atoms with E-state index in [0.717, 1.165) is 17.7 Å². The lowest BCUT2D eigenvalue weighted by Gasteiger charge is -2.37. The highest BCUT2D eigenvalue weighted by Crippen LogP contribution is 2.30. The summed E-state index contributed by atoms with van der Waals surface area (Å²) in [7, 11) is 0. The number of thiocarbonyl (C=S) groups is 1. The third-order valence-corrected chi connectivity index (χ3v) is 6.75. The highest BCUT2D eigenvalue weighted by Gasteiger charge is 2.22. The summed E-state index contributed by atoms with van der Waals surface area (Å²) < 4.78 is 25.7. The quantitative estimate of drug-likeness (QED) is 0.386. The molecule has 0 saturated carbocycles. The number of hydrogen-bond donors (Lipinski definition) is 1. The first-order valence-electron chi connectivity index (χ1n) is 12.6. The van der Waals surface area contributed by atoms with Gasteiger partial charge in [0.05, 0.1) is 12.3 Å². The molecule has 1 aliphatic rings. The zero-order chi connectivity index (χ0) is 26.2. The molecule has 1 N–H and O–H groups in total. The molecule has 3 aromatic carbocycles. The average Bonchev–Trinajstić information content (AvgIpc) is 2.93. The van der Waals surface area contributed by atoms with Gasteiger partial charge in [0.25, 0.3) is 5.91 Å². The Balaban J connectivity index is 1.36.